The Morgan fingerprint density at radius 1 is 1.06 bits per heavy atom. The van der Waals surface area contributed by atoms with Gasteiger partial charge in [-0.3, -0.25) is 14.3 Å². The summed E-state index contributed by atoms with van der Waals surface area (Å²) in [6, 6.07) is 17.2. The fourth-order valence-electron chi connectivity index (χ4n) is 3.63. The zero-order chi connectivity index (χ0) is 22.5. The molecule has 32 heavy (non-hydrogen) atoms. The molecule has 0 aliphatic rings. The standard InChI is InChI=1S/C23H25N5O4/c1-27-20-19(21(30)26-23(27)31)28(12-14-32-18-9-3-2-4-10-18)22(25-20)24-15-17-8-6-5-7-16(17)11-13-29/h2-10,29H,11-15H2,1H3,(H,24,25)(H,26,30,31). The normalized spacial score (nSPS) is 11.1. The Bertz CT molecular complexity index is 1320. The van der Waals surface area contributed by atoms with E-state index in [0.29, 0.717) is 43.2 Å². The first-order valence-corrected chi connectivity index (χ1v) is 10.4. The Balaban J connectivity index is 1.65. The lowest BCUT2D eigenvalue weighted by Gasteiger charge is -2.13. The molecule has 4 aromatic rings. The van der Waals surface area contributed by atoms with Crippen LogP contribution in [0, 0.1) is 0 Å². The first-order chi connectivity index (χ1) is 15.6. The molecule has 166 valence electrons. The molecule has 0 saturated carbocycles. The van der Waals surface area contributed by atoms with Crippen LogP contribution in [0.4, 0.5) is 5.95 Å². The van der Waals surface area contributed by atoms with E-state index < -0.39 is 11.2 Å². The number of hydrogen-bond donors (Lipinski definition) is 3. The van der Waals surface area contributed by atoms with E-state index in [1.807, 2.05) is 54.6 Å². The largest absolute Gasteiger partial charge is 0.492 e. The molecular formula is C23H25N5O4. The number of benzene rings is 2. The Kier molecular flexibility index (Phi) is 6.37. The van der Waals surface area contributed by atoms with Crippen molar-refractivity contribution < 1.29 is 9.84 Å². The van der Waals surface area contributed by atoms with Gasteiger partial charge in [0.1, 0.15) is 12.4 Å². The van der Waals surface area contributed by atoms with Crippen LogP contribution < -0.4 is 21.3 Å². The Hall–Kier alpha value is -3.85. The van der Waals surface area contributed by atoms with Gasteiger partial charge >= 0.3 is 5.69 Å². The number of fused-ring (bicyclic) bond motifs is 1. The number of hydrogen-bond acceptors (Lipinski definition) is 6. The number of aliphatic hydroxyl groups excluding tert-OH is 1. The Labute approximate surface area is 183 Å². The molecule has 4 rings (SSSR count). The lowest BCUT2D eigenvalue weighted by molar-refractivity contribution is 0.299. The van der Waals surface area contributed by atoms with Gasteiger partial charge in [-0.25, -0.2) is 4.79 Å². The van der Waals surface area contributed by atoms with Crippen LogP contribution in [0.25, 0.3) is 11.2 Å². The van der Waals surface area contributed by atoms with Gasteiger partial charge in [0.2, 0.25) is 5.95 Å². The fourth-order valence-corrected chi connectivity index (χ4v) is 3.63. The zero-order valence-electron chi connectivity index (χ0n) is 17.7. The minimum atomic E-state index is -0.521. The maximum atomic E-state index is 12.6. The number of ether oxygens (including phenoxy) is 1. The lowest BCUT2D eigenvalue weighted by Crippen LogP contribution is -2.29. The number of aromatic amines is 1. The van der Waals surface area contributed by atoms with Gasteiger partial charge in [0.15, 0.2) is 11.2 Å². The molecule has 0 aliphatic carbocycles. The molecule has 2 aromatic carbocycles. The molecule has 0 bridgehead atoms. The molecule has 0 radical (unpaired) electrons. The van der Waals surface area contributed by atoms with Crippen molar-refractivity contribution in [2.75, 3.05) is 18.5 Å². The molecule has 0 atom stereocenters. The van der Waals surface area contributed by atoms with Crippen molar-refractivity contribution in [2.45, 2.75) is 19.5 Å². The van der Waals surface area contributed by atoms with Crippen LogP contribution in [0.2, 0.25) is 0 Å². The average Bonchev–Trinajstić information content (AvgIpc) is 3.17. The highest BCUT2D eigenvalue weighted by Crippen LogP contribution is 2.18. The maximum absolute atomic E-state index is 12.6. The van der Waals surface area contributed by atoms with Crippen LogP contribution in [-0.2, 0) is 26.6 Å². The molecule has 3 N–H and O–H groups in total. The van der Waals surface area contributed by atoms with Crippen molar-refractivity contribution in [3.63, 3.8) is 0 Å². The average molecular weight is 435 g/mol. The molecule has 9 nitrogen and oxygen atoms in total. The summed E-state index contributed by atoms with van der Waals surface area (Å²) < 4.78 is 8.85. The SMILES string of the molecule is Cn1c(=O)[nH]c(=O)c2c1nc(NCc1ccccc1CCO)n2CCOc1ccccc1. The van der Waals surface area contributed by atoms with E-state index in [1.54, 1.807) is 11.6 Å². The molecule has 0 spiro atoms. The monoisotopic (exact) mass is 435 g/mol. The predicted molar refractivity (Wildman–Crippen MR) is 122 cm³/mol. The van der Waals surface area contributed by atoms with Gasteiger partial charge < -0.3 is 19.7 Å². The topological polar surface area (TPSA) is 114 Å². The third-order valence-corrected chi connectivity index (χ3v) is 5.27. The third kappa shape index (κ3) is 4.42. The van der Waals surface area contributed by atoms with Gasteiger partial charge in [-0.15, -0.1) is 0 Å². The van der Waals surface area contributed by atoms with Crippen molar-refractivity contribution in [2.24, 2.45) is 7.05 Å². The van der Waals surface area contributed by atoms with Crippen molar-refractivity contribution in [3.05, 3.63) is 86.6 Å². The Morgan fingerprint density at radius 3 is 2.53 bits per heavy atom. The van der Waals surface area contributed by atoms with Crippen LogP contribution >= 0.6 is 0 Å². The second-order valence-electron chi connectivity index (χ2n) is 7.33. The van der Waals surface area contributed by atoms with Crippen LogP contribution in [0.15, 0.2) is 64.2 Å². The highest BCUT2D eigenvalue weighted by molar-refractivity contribution is 5.74. The smallest absolute Gasteiger partial charge is 0.329 e. The molecule has 0 aliphatic heterocycles. The quantitative estimate of drug-likeness (QED) is 0.368. The van der Waals surface area contributed by atoms with Crippen molar-refractivity contribution in [1.82, 2.24) is 19.1 Å². The van der Waals surface area contributed by atoms with Gasteiger partial charge in [0.25, 0.3) is 5.56 Å². The minimum absolute atomic E-state index is 0.0594. The molecule has 2 heterocycles. The highest BCUT2D eigenvalue weighted by atomic mass is 16.5. The van der Waals surface area contributed by atoms with Crippen LogP contribution in [0.5, 0.6) is 5.75 Å². The molecular weight excluding hydrogens is 410 g/mol. The van der Waals surface area contributed by atoms with Crippen LogP contribution in [-0.4, -0.2) is 37.4 Å². The van der Waals surface area contributed by atoms with Crippen molar-refractivity contribution >= 4 is 17.1 Å². The van der Waals surface area contributed by atoms with Gasteiger partial charge in [-0.1, -0.05) is 42.5 Å². The van der Waals surface area contributed by atoms with Crippen LogP contribution in [0.3, 0.4) is 0 Å². The molecule has 0 amide bonds. The number of rotatable bonds is 9. The Morgan fingerprint density at radius 2 is 1.78 bits per heavy atom. The van der Waals surface area contributed by atoms with Crippen molar-refractivity contribution in [1.29, 1.82) is 0 Å². The molecule has 2 aromatic heterocycles. The van der Waals surface area contributed by atoms with Crippen molar-refractivity contribution in [3.8, 4) is 5.75 Å². The number of aryl methyl sites for hydroxylation is 1. The molecule has 0 unspecified atom stereocenters. The van der Waals surface area contributed by atoms with E-state index in [0.717, 1.165) is 16.9 Å². The number of nitrogens with zero attached hydrogens (tertiary/aromatic N) is 3. The number of anilines is 1. The molecule has 0 fully saturated rings. The van der Waals surface area contributed by atoms with E-state index >= 15 is 0 Å². The molecule has 9 heteroatoms. The lowest BCUT2D eigenvalue weighted by atomic mass is 10.1. The summed E-state index contributed by atoms with van der Waals surface area (Å²) in [5.74, 6) is 1.19. The third-order valence-electron chi connectivity index (χ3n) is 5.27. The summed E-state index contributed by atoms with van der Waals surface area (Å²) in [5.41, 5.74) is 1.63. The summed E-state index contributed by atoms with van der Waals surface area (Å²) in [6.45, 7) is 1.18. The first kappa shape index (κ1) is 21.4. The van der Waals surface area contributed by atoms with Crippen LogP contribution in [0.1, 0.15) is 11.1 Å². The molecule has 0 saturated heterocycles. The number of aromatic nitrogens is 4. The summed E-state index contributed by atoms with van der Waals surface area (Å²) in [6.07, 6.45) is 0.549. The number of para-hydroxylation sites is 1. The summed E-state index contributed by atoms with van der Waals surface area (Å²) in [4.78, 5) is 31.5. The minimum Gasteiger partial charge on any atom is -0.492 e. The van der Waals surface area contributed by atoms with E-state index in [1.165, 1.54) is 4.57 Å². The number of aliphatic hydroxyl groups is 1. The summed E-state index contributed by atoms with van der Waals surface area (Å²) in [5, 5.41) is 12.6. The second-order valence-corrected chi connectivity index (χ2v) is 7.33. The van der Waals surface area contributed by atoms with Gasteiger partial charge in [0, 0.05) is 20.2 Å². The fraction of sp³-hybridized carbons (Fsp3) is 0.261. The van der Waals surface area contributed by atoms with E-state index in [2.05, 4.69) is 15.3 Å². The summed E-state index contributed by atoms with van der Waals surface area (Å²) in [7, 11) is 1.57. The van der Waals surface area contributed by atoms with E-state index in [9.17, 15) is 14.7 Å². The predicted octanol–water partition coefficient (Wildman–Crippen LogP) is 1.65. The first-order valence-electron chi connectivity index (χ1n) is 10.4. The highest BCUT2D eigenvalue weighted by Gasteiger charge is 2.17. The van der Waals surface area contributed by atoms with Gasteiger partial charge in [-0.2, -0.15) is 4.98 Å². The zero-order valence-corrected chi connectivity index (χ0v) is 17.7. The summed E-state index contributed by atoms with van der Waals surface area (Å²) >= 11 is 0. The number of imidazole rings is 1. The van der Waals surface area contributed by atoms with Gasteiger partial charge in [0.05, 0.1) is 6.54 Å². The second kappa shape index (κ2) is 9.52. The number of H-pyrrole nitrogens is 1. The maximum Gasteiger partial charge on any atom is 0.329 e. The van der Waals surface area contributed by atoms with E-state index in [4.69, 9.17) is 4.74 Å². The number of nitrogens with one attached hydrogen (secondary N) is 2. The van der Waals surface area contributed by atoms with E-state index in [-0.39, 0.29) is 6.61 Å². The van der Waals surface area contributed by atoms with Gasteiger partial charge in [-0.05, 0) is 29.7 Å².